The van der Waals surface area contributed by atoms with Gasteiger partial charge in [-0.25, -0.2) is 0 Å². The summed E-state index contributed by atoms with van der Waals surface area (Å²) in [5.41, 5.74) is 14.5. The molecule has 31 heavy (non-hydrogen) atoms. The smallest absolute Gasteiger partial charge is 0.254 e. The molecule has 2 heterocycles. The Balaban J connectivity index is 1.69. The largest absolute Gasteiger partial charge is 0.496 e. The zero-order valence-corrected chi connectivity index (χ0v) is 18.4. The van der Waals surface area contributed by atoms with Crippen LogP contribution in [0.2, 0.25) is 0 Å². The van der Waals surface area contributed by atoms with E-state index >= 15 is 0 Å². The van der Waals surface area contributed by atoms with Crippen LogP contribution < -0.4 is 31.6 Å². The van der Waals surface area contributed by atoms with E-state index in [1.54, 1.807) is 14.2 Å². The highest BCUT2D eigenvalue weighted by molar-refractivity contribution is 6.25. The first-order valence-electron chi connectivity index (χ1n) is 11.1. The van der Waals surface area contributed by atoms with Gasteiger partial charge in [-0.3, -0.25) is 9.79 Å². The first-order chi connectivity index (χ1) is 15.0. The van der Waals surface area contributed by atoms with Crippen molar-refractivity contribution in [2.75, 3.05) is 33.9 Å². The van der Waals surface area contributed by atoms with Crippen molar-refractivity contribution in [1.82, 2.24) is 10.6 Å². The maximum atomic E-state index is 12.5. The van der Waals surface area contributed by atoms with Crippen molar-refractivity contribution in [2.24, 2.45) is 22.4 Å². The fourth-order valence-corrected chi connectivity index (χ4v) is 4.75. The summed E-state index contributed by atoms with van der Waals surface area (Å²) in [5.74, 6) is 2.31. The third-order valence-corrected chi connectivity index (χ3v) is 6.58. The summed E-state index contributed by atoms with van der Waals surface area (Å²) >= 11 is 0. The van der Waals surface area contributed by atoms with Gasteiger partial charge >= 0.3 is 0 Å². The molecule has 0 aromatic heterocycles. The van der Waals surface area contributed by atoms with E-state index in [4.69, 9.17) is 20.9 Å². The number of aliphatic imine (C=N–C) groups is 1. The van der Waals surface area contributed by atoms with Gasteiger partial charge < -0.3 is 31.6 Å². The minimum absolute atomic E-state index is 0.224. The number of piperidine rings is 1. The van der Waals surface area contributed by atoms with E-state index in [0.717, 1.165) is 62.3 Å². The van der Waals surface area contributed by atoms with Crippen molar-refractivity contribution in [2.45, 2.75) is 44.1 Å². The van der Waals surface area contributed by atoms with Crippen LogP contribution in [-0.4, -0.2) is 51.6 Å². The summed E-state index contributed by atoms with van der Waals surface area (Å²) in [5, 5.41) is 6.87. The maximum Gasteiger partial charge on any atom is 0.254 e. The second-order valence-corrected chi connectivity index (χ2v) is 8.58. The summed E-state index contributed by atoms with van der Waals surface area (Å²) in [6.45, 7) is 2.68. The highest BCUT2D eigenvalue weighted by atomic mass is 16.5. The molecule has 1 aliphatic carbocycles. The standard InChI is InChI=1S/C23H33N5O3/c1-30-17-11-15(12-18(31-2)19(17)14-3-4-14)21(24)20(22(25)29)23-27-10-7-16(28-23)13-5-8-26-9-6-13/h11-14,16,26H,3-10,24H2,1-2H3,(H2,25,29)(H,27,28). The van der Waals surface area contributed by atoms with E-state index in [1.807, 2.05) is 12.1 Å². The van der Waals surface area contributed by atoms with E-state index in [0.29, 0.717) is 29.8 Å². The minimum atomic E-state index is -0.598. The molecule has 1 atom stereocenters. The molecule has 1 aromatic rings. The molecule has 168 valence electrons. The molecule has 2 aliphatic heterocycles. The predicted octanol–water partition coefficient (Wildman–Crippen LogP) is 1.50. The number of rotatable bonds is 7. The van der Waals surface area contributed by atoms with E-state index in [1.165, 1.54) is 0 Å². The minimum Gasteiger partial charge on any atom is -0.496 e. The van der Waals surface area contributed by atoms with Crippen LogP contribution in [0.4, 0.5) is 0 Å². The van der Waals surface area contributed by atoms with Gasteiger partial charge in [-0.1, -0.05) is 0 Å². The molecule has 4 rings (SSSR count). The molecule has 1 amide bonds. The van der Waals surface area contributed by atoms with Gasteiger partial charge in [0.25, 0.3) is 5.91 Å². The molecular formula is C23H33N5O3. The first kappa shape index (κ1) is 21.5. The number of carbonyl (C=O) groups excluding carboxylic acids is 1. The van der Waals surface area contributed by atoms with Crippen LogP contribution in [0.1, 0.15) is 49.1 Å². The monoisotopic (exact) mass is 427 g/mol. The number of amidine groups is 1. The van der Waals surface area contributed by atoms with Crippen molar-refractivity contribution in [1.29, 1.82) is 0 Å². The molecule has 1 aromatic carbocycles. The Labute approximate surface area is 183 Å². The number of hydrogen-bond acceptors (Lipinski definition) is 7. The normalized spacial score (nSPS) is 22.8. The predicted molar refractivity (Wildman–Crippen MR) is 121 cm³/mol. The van der Waals surface area contributed by atoms with Gasteiger partial charge in [0.15, 0.2) is 0 Å². The van der Waals surface area contributed by atoms with Crippen molar-refractivity contribution >= 4 is 17.4 Å². The second-order valence-electron chi connectivity index (χ2n) is 8.58. The van der Waals surface area contributed by atoms with Gasteiger partial charge in [-0.15, -0.1) is 0 Å². The molecule has 0 radical (unpaired) electrons. The molecular weight excluding hydrogens is 394 g/mol. The molecule has 1 saturated carbocycles. The van der Waals surface area contributed by atoms with Crippen molar-refractivity contribution in [3.63, 3.8) is 0 Å². The summed E-state index contributed by atoms with van der Waals surface area (Å²) in [4.78, 5) is 17.1. The van der Waals surface area contributed by atoms with E-state index < -0.39 is 5.91 Å². The van der Waals surface area contributed by atoms with Crippen molar-refractivity contribution < 1.29 is 14.3 Å². The van der Waals surface area contributed by atoms with Crippen LogP contribution in [0, 0.1) is 5.92 Å². The summed E-state index contributed by atoms with van der Waals surface area (Å²) < 4.78 is 11.3. The third-order valence-electron chi connectivity index (χ3n) is 6.58. The zero-order valence-electron chi connectivity index (χ0n) is 18.4. The van der Waals surface area contributed by atoms with Gasteiger partial charge in [-0.2, -0.15) is 0 Å². The molecule has 2 fully saturated rings. The number of nitrogens with zero attached hydrogens (tertiary/aromatic N) is 1. The van der Waals surface area contributed by atoms with E-state index in [9.17, 15) is 4.79 Å². The summed E-state index contributed by atoms with van der Waals surface area (Å²) in [6, 6.07) is 3.99. The zero-order chi connectivity index (χ0) is 22.0. The Morgan fingerprint density at radius 2 is 1.68 bits per heavy atom. The SMILES string of the molecule is COc1cc(C(N)=C(C(N)=O)C2=NCCC(C3CCNCC3)N2)cc(OC)c1C1CC1. The van der Waals surface area contributed by atoms with Crippen molar-refractivity contribution in [3.05, 3.63) is 28.8 Å². The molecule has 6 N–H and O–H groups in total. The highest BCUT2D eigenvalue weighted by Crippen LogP contribution is 2.49. The number of nitrogens with two attached hydrogens (primary N) is 2. The van der Waals surface area contributed by atoms with Crippen LogP contribution in [0.5, 0.6) is 11.5 Å². The Hall–Kier alpha value is -2.74. The Kier molecular flexibility index (Phi) is 6.36. The molecule has 0 bridgehead atoms. The number of methoxy groups -OCH3 is 2. The lowest BCUT2D eigenvalue weighted by molar-refractivity contribution is -0.114. The molecule has 1 saturated heterocycles. The molecule has 0 spiro atoms. The van der Waals surface area contributed by atoms with E-state index in [-0.39, 0.29) is 17.3 Å². The molecule has 1 unspecified atom stereocenters. The number of primary amides is 1. The average molecular weight is 428 g/mol. The molecule has 8 heteroatoms. The Morgan fingerprint density at radius 1 is 1.03 bits per heavy atom. The lowest BCUT2D eigenvalue weighted by Crippen LogP contribution is -2.49. The number of nitrogens with one attached hydrogen (secondary N) is 2. The number of carbonyl (C=O) groups is 1. The maximum absolute atomic E-state index is 12.5. The lowest BCUT2D eigenvalue weighted by atomic mass is 9.87. The lowest BCUT2D eigenvalue weighted by Gasteiger charge is -2.34. The fourth-order valence-electron chi connectivity index (χ4n) is 4.75. The Bertz CT molecular complexity index is 875. The van der Waals surface area contributed by atoms with Crippen LogP contribution in [0.3, 0.4) is 0 Å². The van der Waals surface area contributed by atoms with Gasteiger partial charge in [0, 0.05) is 23.7 Å². The number of ether oxygens (including phenoxy) is 2. The number of benzene rings is 1. The quantitative estimate of drug-likeness (QED) is 0.489. The van der Waals surface area contributed by atoms with Crippen LogP contribution in [0.25, 0.3) is 5.70 Å². The fraction of sp³-hybridized carbons (Fsp3) is 0.565. The Morgan fingerprint density at radius 3 is 2.23 bits per heavy atom. The van der Waals surface area contributed by atoms with Crippen LogP contribution in [0.15, 0.2) is 22.7 Å². The van der Waals surface area contributed by atoms with Gasteiger partial charge in [0.05, 0.1) is 19.9 Å². The van der Waals surface area contributed by atoms with Gasteiger partial charge in [0.2, 0.25) is 0 Å². The second kappa shape index (κ2) is 9.18. The third kappa shape index (κ3) is 4.49. The van der Waals surface area contributed by atoms with Crippen LogP contribution >= 0.6 is 0 Å². The summed E-state index contributed by atoms with van der Waals surface area (Å²) in [7, 11) is 3.27. The first-order valence-corrected chi connectivity index (χ1v) is 11.1. The topological polar surface area (TPSA) is 124 Å². The number of hydrogen-bond donors (Lipinski definition) is 4. The summed E-state index contributed by atoms with van der Waals surface area (Å²) in [6.07, 6.45) is 5.38. The van der Waals surface area contributed by atoms with Crippen molar-refractivity contribution in [3.8, 4) is 11.5 Å². The van der Waals surface area contributed by atoms with Crippen LogP contribution in [-0.2, 0) is 4.79 Å². The molecule has 3 aliphatic rings. The average Bonchev–Trinajstić information content (AvgIpc) is 3.64. The number of amides is 1. The highest BCUT2D eigenvalue weighted by Gasteiger charge is 2.32. The van der Waals surface area contributed by atoms with Gasteiger partial charge in [-0.05, 0) is 69.2 Å². The van der Waals surface area contributed by atoms with Gasteiger partial charge in [0.1, 0.15) is 22.9 Å². The molecule has 8 nitrogen and oxygen atoms in total. The van der Waals surface area contributed by atoms with E-state index in [2.05, 4.69) is 15.6 Å².